The van der Waals surface area contributed by atoms with Gasteiger partial charge in [0, 0.05) is 29.0 Å². The van der Waals surface area contributed by atoms with Crippen LogP contribution in [-0.4, -0.2) is 23.3 Å². The number of nitrogens with zero attached hydrogens (tertiary/aromatic N) is 1. The first-order valence-corrected chi connectivity index (χ1v) is 6.91. The van der Waals surface area contributed by atoms with E-state index >= 15 is 0 Å². The van der Waals surface area contributed by atoms with Crippen LogP contribution < -0.4 is 0 Å². The van der Waals surface area contributed by atoms with Gasteiger partial charge in [0.2, 0.25) is 0 Å². The molecular weight excluding hydrogens is 292 g/mol. The molecule has 1 atom stereocenters. The van der Waals surface area contributed by atoms with E-state index in [0.29, 0.717) is 23.0 Å². The number of alkyl halides is 1. The molecule has 1 aromatic carbocycles. The summed E-state index contributed by atoms with van der Waals surface area (Å²) in [5.41, 5.74) is 0.697. The molecule has 0 aromatic heterocycles. The Bertz CT molecular complexity index is 372. The largest absolute Gasteiger partial charge is 0.299 e. The van der Waals surface area contributed by atoms with Crippen LogP contribution in [0.5, 0.6) is 0 Å². The molecule has 1 aliphatic heterocycles. The Morgan fingerprint density at radius 2 is 2.31 bits per heavy atom. The maximum absolute atomic E-state index is 13.5. The van der Waals surface area contributed by atoms with Crippen LogP contribution in [0, 0.1) is 11.7 Å². The zero-order valence-electron chi connectivity index (χ0n) is 8.93. The van der Waals surface area contributed by atoms with Gasteiger partial charge in [-0.25, -0.2) is 4.39 Å². The molecule has 1 aliphatic rings. The first kappa shape index (κ1) is 12.3. The molecule has 88 valence electrons. The minimum Gasteiger partial charge on any atom is -0.299 e. The van der Waals surface area contributed by atoms with Gasteiger partial charge >= 0.3 is 0 Å². The molecular formula is C12H14BrClFN. The molecule has 1 saturated heterocycles. The number of hydrogen-bond acceptors (Lipinski definition) is 1. The van der Waals surface area contributed by atoms with E-state index in [4.69, 9.17) is 11.6 Å². The predicted molar refractivity (Wildman–Crippen MR) is 68.6 cm³/mol. The van der Waals surface area contributed by atoms with Crippen molar-refractivity contribution in [3.05, 3.63) is 34.6 Å². The van der Waals surface area contributed by atoms with Crippen LogP contribution in [0.25, 0.3) is 0 Å². The highest BCUT2D eigenvalue weighted by Gasteiger charge is 2.22. The lowest BCUT2D eigenvalue weighted by molar-refractivity contribution is 0.316. The lowest BCUT2D eigenvalue weighted by atomic mass is 10.2. The van der Waals surface area contributed by atoms with Crippen molar-refractivity contribution in [1.82, 2.24) is 4.90 Å². The van der Waals surface area contributed by atoms with Gasteiger partial charge in [0.25, 0.3) is 0 Å². The van der Waals surface area contributed by atoms with Crippen LogP contribution in [0.3, 0.4) is 0 Å². The number of hydrogen-bond donors (Lipinski definition) is 0. The van der Waals surface area contributed by atoms with Crippen molar-refractivity contribution in [2.45, 2.75) is 13.0 Å². The molecule has 0 amide bonds. The molecule has 1 heterocycles. The third kappa shape index (κ3) is 2.96. The van der Waals surface area contributed by atoms with E-state index in [1.165, 1.54) is 12.5 Å². The van der Waals surface area contributed by atoms with Gasteiger partial charge in [-0.3, -0.25) is 4.90 Å². The van der Waals surface area contributed by atoms with E-state index in [-0.39, 0.29) is 5.82 Å². The Morgan fingerprint density at radius 3 is 3.00 bits per heavy atom. The second-order valence-electron chi connectivity index (χ2n) is 4.28. The van der Waals surface area contributed by atoms with Crippen molar-refractivity contribution in [3.63, 3.8) is 0 Å². The van der Waals surface area contributed by atoms with Crippen LogP contribution in [-0.2, 0) is 6.54 Å². The van der Waals surface area contributed by atoms with Gasteiger partial charge in [-0.05, 0) is 37.1 Å². The minimum absolute atomic E-state index is 0.160. The Morgan fingerprint density at radius 1 is 1.50 bits per heavy atom. The average molecular weight is 307 g/mol. The second kappa shape index (κ2) is 5.48. The van der Waals surface area contributed by atoms with Crippen LogP contribution in [0.1, 0.15) is 12.0 Å². The molecule has 1 fully saturated rings. The monoisotopic (exact) mass is 305 g/mol. The maximum Gasteiger partial charge on any atom is 0.127 e. The summed E-state index contributed by atoms with van der Waals surface area (Å²) in [6, 6.07) is 4.75. The van der Waals surface area contributed by atoms with E-state index in [2.05, 4.69) is 20.8 Å². The lowest BCUT2D eigenvalue weighted by Crippen LogP contribution is -2.21. The van der Waals surface area contributed by atoms with E-state index < -0.39 is 0 Å². The summed E-state index contributed by atoms with van der Waals surface area (Å²) in [6.45, 7) is 2.75. The summed E-state index contributed by atoms with van der Waals surface area (Å²) < 4.78 is 13.5. The highest BCUT2D eigenvalue weighted by molar-refractivity contribution is 9.09. The van der Waals surface area contributed by atoms with Gasteiger partial charge in [0.15, 0.2) is 0 Å². The van der Waals surface area contributed by atoms with E-state index in [0.717, 1.165) is 18.4 Å². The number of likely N-dealkylation sites (tertiary alicyclic amines) is 1. The molecule has 1 unspecified atom stereocenters. The molecule has 0 saturated carbocycles. The molecule has 0 N–H and O–H groups in total. The molecule has 4 heteroatoms. The average Bonchev–Trinajstić information content (AvgIpc) is 2.71. The SMILES string of the molecule is Fc1ccc(Cl)cc1CN1CCC(CBr)C1. The smallest absolute Gasteiger partial charge is 0.127 e. The van der Waals surface area contributed by atoms with Crippen molar-refractivity contribution in [2.75, 3.05) is 18.4 Å². The normalized spacial score (nSPS) is 21.6. The van der Waals surface area contributed by atoms with Crippen molar-refractivity contribution in [3.8, 4) is 0 Å². The molecule has 1 aromatic rings. The van der Waals surface area contributed by atoms with Gasteiger partial charge in [-0.1, -0.05) is 27.5 Å². The highest BCUT2D eigenvalue weighted by Crippen LogP contribution is 2.22. The number of halogens is 3. The summed E-state index contributed by atoms with van der Waals surface area (Å²) in [4.78, 5) is 2.28. The molecule has 2 rings (SSSR count). The third-order valence-electron chi connectivity index (χ3n) is 2.99. The zero-order valence-corrected chi connectivity index (χ0v) is 11.3. The Kier molecular flexibility index (Phi) is 4.22. The molecule has 0 radical (unpaired) electrons. The molecule has 0 spiro atoms. The van der Waals surface area contributed by atoms with E-state index in [9.17, 15) is 4.39 Å². The number of benzene rings is 1. The Balaban J connectivity index is 2.01. The summed E-state index contributed by atoms with van der Waals surface area (Å²) in [7, 11) is 0. The van der Waals surface area contributed by atoms with Crippen molar-refractivity contribution >= 4 is 27.5 Å². The maximum atomic E-state index is 13.5. The number of rotatable bonds is 3. The predicted octanol–water partition coefficient (Wildman–Crippen LogP) is 3.70. The van der Waals surface area contributed by atoms with Crippen molar-refractivity contribution in [1.29, 1.82) is 0 Å². The van der Waals surface area contributed by atoms with Crippen LogP contribution in [0.4, 0.5) is 4.39 Å². The fourth-order valence-corrected chi connectivity index (χ4v) is 2.81. The Hall–Kier alpha value is -0.120. The first-order valence-electron chi connectivity index (χ1n) is 5.41. The summed E-state index contributed by atoms with van der Waals surface area (Å²) in [5.74, 6) is 0.536. The fourth-order valence-electron chi connectivity index (χ4n) is 2.09. The standard InChI is InChI=1S/C12H14BrClFN/c13-6-9-3-4-16(7-9)8-10-5-11(14)1-2-12(10)15/h1-2,5,9H,3-4,6-8H2. The lowest BCUT2D eigenvalue weighted by Gasteiger charge is -2.16. The van der Waals surface area contributed by atoms with Gasteiger partial charge < -0.3 is 0 Å². The molecule has 1 nitrogen and oxygen atoms in total. The van der Waals surface area contributed by atoms with Crippen molar-refractivity contribution < 1.29 is 4.39 Å². The fraction of sp³-hybridized carbons (Fsp3) is 0.500. The zero-order chi connectivity index (χ0) is 11.5. The first-order chi connectivity index (χ1) is 7.69. The summed E-state index contributed by atoms with van der Waals surface area (Å²) >= 11 is 9.36. The quantitative estimate of drug-likeness (QED) is 0.770. The summed E-state index contributed by atoms with van der Waals surface area (Å²) in [5, 5.41) is 1.63. The van der Waals surface area contributed by atoms with Crippen LogP contribution >= 0.6 is 27.5 Å². The minimum atomic E-state index is -0.160. The van der Waals surface area contributed by atoms with Gasteiger partial charge in [-0.15, -0.1) is 0 Å². The van der Waals surface area contributed by atoms with E-state index in [1.807, 2.05) is 0 Å². The summed E-state index contributed by atoms with van der Waals surface area (Å²) in [6.07, 6.45) is 1.19. The Labute approximate surface area is 109 Å². The van der Waals surface area contributed by atoms with Gasteiger partial charge in [-0.2, -0.15) is 0 Å². The third-order valence-corrected chi connectivity index (χ3v) is 4.14. The highest BCUT2D eigenvalue weighted by atomic mass is 79.9. The van der Waals surface area contributed by atoms with Crippen molar-refractivity contribution in [2.24, 2.45) is 5.92 Å². The molecule has 16 heavy (non-hydrogen) atoms. The van der Waals surface area contributed by atoms with E-state index in [1.54, 1.807) is 12.1 Å². The van der Waals surface area contributed by atoms with Gasteiger partial charge in [0.05, 0.1) is 0 Å². The molecule has 0 aliphatic carbocycles. The van der Waals surface area contributed by atoms with Crippen LogP contribution in [0.15, 0.2) is 18.2 Å². The molecule has 0 bridgehead atoms. The van der Waals surface area contributed by atoms with Gasteiger partial charge in [0.1, 0.15) is 5.82 Å². The second-order valence-corrected chi connectivity index (χ2v) is 5.36. The topological polar surface area (TPSA) is 3.24 Å². The van der Waals surface area contributed by atoms with Crippen LogP contribution in [0.2, 0.25) is 5.02 Å².